The molecule has 2 aromatic heterocycles. The van der Waals surface area contributed by atoms with E-state index in [9.17, 15) is 0 Å². The number of hydrogen-bond donors (Lipinski definition) is 0. The summed E-state index contributed by atoms with van der Waals surface area (Å²) in [4.78, 5) is 0. The van der Waals surface area contributed by atoms with E-state index in [2.05, 4.69) is 149 Å². The molecule has 2 aliphatic carbocycles. The van der Waals surface area contributed by atoms with Gasteiger partial charge in [-0.2, -0.15) is 0 Å². The van der Waals surface area contributed by atoms with E-state index in [1.807, 2.05) is 0 Å². The number of para-hydroxylation sites is 2. The summed E-state index contributed by atoms with van der Waals surface area (Å²) in [5.41, 5.74) is 18.1. The van der Waals surface area contributed by atoms with E-state index in [4.69, 9.17) is 0 Å². The SMILES string of the molecule is C1=C2c3cccc4c3B(n3c2c(c2ccccc23)C1c1ccccc1)n1c2c(c3ccccc31)C(c1ccccc1)CC=C42. The minimum Gasteiger partial charge on any atom is -0.360 e. The molecule has 7 aromatic rings. The van der Waals surface area contributed by atoms with E-state index >= 15 is 0 Å². The fourth-order valence-corrected chi connectivity index (χ4v) is 9.14. The first kappa shape index (κ1) is 23.2. The Hall–Kier alpha value is -5.28. The van der Waals surface area contributed by atoms with Gasteiger partial charge in [-0.05, 0) is 57.4 Å². The minimum absolute atomic E-state index is 0.0434. The van der Waals surface area contributed by atoms with Crippen molar-refractivity contribution in [3.63, 3.8) is 0 Å². The van der Waals surface area contributed by atoms with Crippen molar-refractivity contribution < 1.29 is 0 Å². The third kappa shape index (κ3) is 2.70. The van der Waals surface area contributed by atoms with Gasteiger partial charge in [-0.25, -0.2) is 0 Å². The van der Waals surface area contributed by atoms with Gasteiger partial charge < -0.3 is 8.96 Å². The molecule has 0 fully saturated rings. The van der Waals surface area contributed by atoms with E-state index in [0.717, 1.165) is 6.42 Å². The molecule has 0 spiro atoms. The van der Waals surface area contributed by atoms with Gasteiger partial charge >= 0.3 is 6.98 Å². The van der Waals surface area contributed by atoms with Crippen LogP contribution in [0.25, 0.3) is 33.0 Å². The molecule has 0 saturated heterocycles. The second-order valence-electron chi connectivity index (χ2n) is 12.7. The highest BCUT2D eigenvalue weighted by Gasteiger charge is 2.48. The Morgan fingerprint density at radius 1 is 0.523 bits per heavy atom. The van der Waals surface area contributed by atoms with Crippen LogP contribution in [0.3, 0.4) is 0 Å². The predicted octanol–water partition coefficient (Wildman–Crippen LogP) is 8.56. The largest absolute Gasteiger partial charge is 0.422 e. The number of nitrogens with zero attached hydrogens (tertiary/aromatic N) is 2. The van der Waals surface area contributed by atoms with Crippen molar-refractivity contribution in [1.29, 1.82) is 0 Å². The first-order valence-corrected chi connectivity index (χ1v) is 15.8. The summed E-state index contributed by atoms with van der Waals surface area (Å²) >= 11 is 0. The van der Waals surface area contributed by atoms with Gasteiger partial charge in [-0.1, -0.05) is 127 Å². The highest BCUT2D eigenvalue weighted by Crippen LogP contribution is 2.53. The van der Waals surface area contributed by atoms with Gasteiger partial charge in [0.2, 0.25) is 0 Å². The van der Waals surface area contributed by atoms with E-state index in [1.54, 1.807) is 0 Å². The fraction of sp³-hybridized carbons (Fsp3) is 0.0732. The molecule has 0 saturated carbocycles. The summed E-state index contributed by atoms with van der Waals surface area (Å²) in [6.45, 7) is 0.0434. The molecule has 2 atom stereocenters. The lowest BCUT2D eigenvalue weighted by molar-refractivity contribution is 0.815. The summed E-state index contributed by atoms with van der Waals surface area (Å²) in [5, 5.41) is 2.75. The van der Waals surface area contributed by atoms with Gasteiger partial charge in [0, 0.05) is 56.2 Å². The lowest BCUT2D eigenvalue weighted by Gasteiger charge is -2.38. The molecule has 4 aliphatic rings. The average Bonchev–Trinajstić information content (AvgIpc) is 3.76. The Balaban J connectivity index is 1.30. The summed E-state index contributed by atoms with van der Waals surface area (Å²) in [7, 11) is 0. The maximum atomic E-state index is 2.71. The van der Waals surface area contributed by atoms with Crippen LogP contribution in [0.2, 0.25) is 0 Å². The van der Waals surface area contributed by atoms with Gasteiger partial charge in [-0.3, -0.25) is 0 Å². The Morgan fingerprint density at radius 2 is 1.09 bits per heavy atom. The van der Waals surface area contributed by atoms with E-state index < -0.39 is 0 Å². The number of allylic oxidation sites excluding steroid dienone is 2. The second kappa shape index (κ2) is 8.21. The topological polar surface area (TPSA) is 9.86 Å². The molecular weight excluding hydrogens is 531 g/mol. The normalized spacial score (nSPS) is 18.6. The molecule has 0 amide bonds. The van der Waals surface area contributed by atoms with Crippen LogP contribution in [-0.4, -0.2) is 15.9 Å². The summed E-state index contributed by atoms with van der Waals surface area (Å²) in [5.74, 6) is 0.562. The second-order valence-corrected chi connectivity index (χ2v) is 12.7. The predicted molar refractivity (Wildman–Crippen MR) is 182 cm³/mol. The van der Waals surface area contributed by atoms with E-state index in [0.29, 0.717) is 5.92 Å². The van der Waals surface area contributed by atoms with Crippen molar-refractivity contribution in [1.82, 2.24) is 8.96 Å². The summed E-state index contributed by atoms with van der Waals surface area (Å²) < 4.78 is 5.40. The zero-order valence-corrected chi connectivity index (χ0v) is 24.1. The van der Waals surface area contributed by atoms with Crippen molar-refractivity contribution in [3.05, 3.63) is 184 Å². The molecule has 5 aromatic carbocycles. The van der Waals surface area contributed by atoms with Crippen LogP contribution in [0.5, 0.6) is 0 Å². The minimum atomic E-state index is 0.0434. The average molecular weight is 558 g/mol. The number of fused-ring (bicyclic) bond motifs is 10. The Morgan fingerprint density at radius 3 is 1.80 bits per heavy atom. The Kier molecular flexibility index (Phi) is 4.33. The first-order valence-electron chi connectivity index (χ1n) is 15.8. The van der Waals surface area contributed by atoms with Crippen molar-refractivity contribution in [3.8, 4) is 0 Å². The van der Waals surface area contributed by atoms with Gasteiger partial charge in [0.25, 0.3) is 0 Å². The van der Waals surface area contributed by atoms with Crippen LogP contribution in [0.4, 0.5) is 0 Å². The maximum Gasteiger partial charge on any atom is 0.422 e. The number of aromatic nitrogens is 2. The standard InChI is InChI=1S/C41H27BN2/c1-3-12-25(13-4-1)27-22-23-30-28-18-11-19-29-34-24-33(26-14-5-2-6-15-26)38-32-17-8-10-21-36(32)44(41(34)38)42(39(28)29)43-35-20-9-7-16-31(35)37(27)40(30)43/h1-21,23-24,27,33H,22H2. The van der Waals surface area contributed by atoms with Gasteiger partial charge in [0.05, 0.1) is 0 Å². The fourth-order valence-electron chi connectivity index (χ4n) is 9.14. The molecule has 44 heavy (non-hydrogen) atoms. The molecule has 204 valence electrons. The third-order valence-electron chi connectivity index (χ3n) is 10.8. The molecule has 2 unspecified atom stereocenters. The summed E-state index contributed by atoms with van der Waals surface area (Å²) in [6, 6.07) is 47.5. The molecule has 3 heteroatoms. The van der Waals surface area contributed by atoms with Gasteiger partial charge in [-0.15, -0.1) is 0 Å². The molecule has 0 N–H and O–H groups in total. The highest BCUT2D eigenvalue weighted by molar-refractivity contribution is 6.76. The lowest BCUT2D eigenvalue weighted by atomic mass is 9.55. The molecule has 2 nitrogen and oxygen atoms in total. The van der Waals surface area contributed by atoms with Crippen molar-refractivity contribution >= 4 is 45.4 Å². The van der Waals surface area contributed by atoms with E-state index in [-0.39, 0.29) is 12.9 Å². The van der Waals surface area contributed by atoms with Crippen LogP contribution in [-0.2, 0) is 0 Å². The van der Waals surface area contributed by atoms with Gasteiger partial charge in [0.15, 0.2) is 0 Å². The van der Waals surface area contributed by atoms with Crippen LogP contribution >= 0.6 is 0 Å². The first-order chi connectivity index (χ1) is 21.9. The smallest absolute Gasteiger partial charge is 0.360 e. The molecule has 0 radical (unpaired) electrons. The zero-order valence-electron chi connectivity index (χ0n) is 24.1. The number of hydrogen-bond acceptors (Lipinski definition) is 0. The molecule has 0 bridgehead atoms. The van der Waals surface area contributed by atoms with E-state index in [1.165, 1.54) is 83.2 Å². The maximum absolute atomic E-state index is 2.71. The highest BCUT2D eigenvalue weighted by atomic mass is 15.1. The number of rotatable bonds is 2. The molecule has 2 aliphatic heterocycles. The van der Waals surface area contributed by atoms with Crippen LogP contribution in [0.1, 0.15) is 63.0 Å². The molecule has 11 rings (SSSR count). The Labute approximate surface area is 256 Å². The zero-order chi connectivity index (χ0) is 28.5. The molecule has 4 heterocycles. The van der Waals surface area contributed by atoms with Crippen molar-refractivity contribution in [2.45, 2.75) is 18.3 Å². The Bertz CT molecular complexity index is 2420. The van der Waals surface area contributed by atoms with Crippen molar-refractivity contribution in [2.75, 3.05) is 0 Å². The van der Waals surface area contributed by atoms with Crippen LogP contribution in [0, 0.1) is 0 Å². The quantitative estimate of drug-likeness (QED) is 0.188. The van der Waals surface area contributed by atoms with Crippen molar-refractivity contribution in [2.24, 2.45) is 0 Å². The number of benzene rings is 5. The lowest BCUT2D eigenvalue weighted by Crippen LogP contribution is -2.54. The monoisotopic (exact) mass is 558 g/mol. The van der Waals surface area contributed by atoms with Crippen LogP contribution in [0.15, 0.2) is 140 Å². The molecular formula is C41H27BN2. The summed E-state index contributed by atoms with van der Waals surface area (Å²) in [6.07, 6.45) is 6.09. The third-order valence-corrected chi connectivity index (χ3v) is 10.8. The van der Waals surface area contributed by atoms with Gasteiger partial charge in [0.1, 0.15) is 0 Å². The van der Waals surface area contributed by atoms with Crippen LogP contribution < -0.4 is 5.46 Å².